The zero-order valence-electron chi connectivity index (χ0n) is 7.80. The molecule has 0 aromatic heterocycles. The van der Waals surface area contributed by atoms with Gasteiger partial charge in [-0.1, -0.05) is 0 Å². The van der Waals surface area contributed by atoms with Crippen molar-refractivity contribution in [3.05, 3.63) is 0 Å². The molecule has 0 aliphatic carbocycles. The van der Waals surface area contributed by atoms with Crippen molar-refractivity contribution >= 4 is 0 Å². The van der Waals surface area contributed by atoms with Crippen molar-refractivity contribution in [2.45, 2.75) is 38.2 Å². The summed E-state index contributed by atoms with van der Waals surface area (Å²) in [5.74, 6) is -2.94. The Bertz CT molecular complexity index is 154. The van der Waals surface area contributed by atoms with Crippen molar-refractivity contribution in [3.8, 4) is 0 Å². The van der Waals surface area contributed by atoms with E-state index in [0.717, 1.165) is 6.92 Å². The van der Waals surface area contributed by atoms with E-state index in [0.29, 0.717) is 26.1 Å². The molecule has 13 heavy (non-hydrogen) atoms. The van der Waals surface area contributed by atoms with Crippen molar-refractivity contribution in [1.82, 2.24) is 0 Å². The molecule has 1 saturated heterocycles. The van der Waals surface area contributed by atoms with Gasteiger partial charge in [-0.05, 0) is 25.7 Å². The number of aliphatic hydroxyl groups excluding tert-OH is 1. The van der Waals surface area contributed by atoms with Crippen LogP contribution in [0.2, 0.25) is 0 Å². The van der Waals surface area contributed by atoms with Gasteiger partial charge in [0, 0.05) is 19.6 Å². The fourth-order valence-electron chi connectivity index (χ4n) is 1.51. The highest BCUT2D eigenvalue weighted by Crippen LogP contribution is 2.31. The van der Waals surface area contributed by atoms with Gasteiger partial charge in [-0.15, -0.1) is 0 Å². The van der Waals surface area contributed by atoms with Crippen LogP contribution in [0.3, 0.4) is 0 Å². The molecule has 0 bridgehead atoms. The SMILES string of the molecule is CC(O)C(F)(F)CC1CCOCC1. The van der Waals surface area contributed by atoms with Crippen LogP contribution in [0.25, 0.3) is 0 Å². The molecule has 0 amide bonds. The summed E-state index contributed by atoms with van der Waals surface area (Å²) in [6, 6.07) is 0. The Hall–Kier alpha value is -0.220. The number of hydrogen-bond donors (Lipinski definition) is 1. The molecule has 1 N–H and O–H groups in total. The number of alkyl halides is 2. The first-order valence-corrected chi connectivity index (χ1v) is 4.66. The Balaban J connectivity index is 2.37. The van der Waals surface area contributed by atoms with Gasteiger partial charge in [-0.2, -0.15) is 0 Å². The van der Waals surface area contributed by atoms with Gasteiger partial charge in [-0.25, -0.2) is 8.78 Å². The molecule has 0 radical (unpaired) electrons. The maximum Gasteiger partial charge on any atom is 0.273 e. The molecule has 1 aliphatic rings. The fourth-order valence-corrected chi connectivity index (χ4v) is 1.51. The van der Waals surface area contributed by atoms with Crippen molar-refractivity contribution in [2.24, 2.45) is 5.92 Å². The summed E-state index contributed by atoms with van der Waals surface area (Å²) in [6.45, 7) is 2.28. The minimum Gasteiger partial charge on any atom is -0.387 e. The predicted octanol–water partition coefficient (Wildman–Crippen LogP) is 1.82. The maximum atomic E-state index is 13.0. The Labute approximate surface area is 76.9 Å². The molecule has 1 aliphatic heterocycles. The van der Waals surface area contributed by atoms with E-state index in [9.17, 15) is 8.78 Å². The molecular weight excluding hydrogens is 178 g/mol. The van der Waals surface area contributed by atoms with E-state index >= 15 is 0 Å². The summed E-state index contributed by atoms with van der Waals surface area (Å²) in [4.78, 5) is 0. The van der Waals surface area contributed by atoms with E-state index in [2.05, 4.69) is 0 Å². The lowest BCUT2D eigenvalue weighted by atomic mass is 9.91. The molecule has 4 heteroatoms. The highest BCUT2D eigenvalue weighted by atomic mass is 19.3. The lowest BCUT2D eigenvalue weighted by molar-refractivity contribution is -0.120. The third-order valence-corrected chi connectivity index (χ3v) is 2.51. The molecule has 0 aromatic carbocycles. The van der Waals surface area contributed by atoms with E-state index in [4.69, 9.17) is 9.84 Å². The first kappa shape index (κ1) is 10.9. The highest BCUT2D eigenvalue weighted by molar-refractivity contribution is 4.78. The third kappa shape index (κ3) is 3.19. The number of halogens is 2. The summed E-state index contributed by atoms with van der Waals surface area (Å²) >= 11 is 0. The average Bonchev–Trinajstić information content (AvgIpc) is 2.05. The highest BCUT2D eigenvalue weighted by Gasteiger charge is 2.37. The van der Waals surface area contributed by atoms with Gasteiger partial charge in [0.05, 0.1) is 0 Å². The summed E-state index contributed by atoms with van der Waals surface area (Å²) in [5, 5.41) is 8.83. The van der Waals surface area contributed by atoms with Crippen LogP contribution < -0.4 is 0 Å². The first-order valence-electron chi connectivity index (χ1n) is 4.66. The van der Waals surface area contributed by atoms with Gasteiger partial charge in [-0.3, -0.25) is 0 Å². The number of aliphatic hydroxyl groups is 1. The van der Waals surface area contributed by atoms with Crippen molar-refractivity contribution in [2.75, 3.05) is 13.2 Å². The topological polar surface area (TPSA) is 29.5 Å². The molecule has 78 valence electrons. The molecular formula is C9H16F2O2. The molecule has 1 heterocycles. The van der Waals surface area contributed by atoms with E-state index in [1.807, 2.05) is 0 Å². The third-order valence-electron chi connectivity index (χ3n) is 2.51. The van der Waals surface area contributed by atoms with E-state index in [1.54, 1.807) is 0 Å². The average molecular weight is 194 g/mol. The van der Waals surface area contributed by atoms with Crippen LogP contribution in [0.4, 0.5) is 8.78 Å². The molecule has 1 rings (SSSR count). The summed E-state index contributed by atoms with van der Waals surface area (Å²) < 4.78 is 31.1. The van der Waals surface area contributed by atoms with Crippen LogP contribution >= 0.6 is 0 Å². The van der Waals surface area contributed by atoms with Gasteiger partial charge >= 0.3 is 0 Å². The van der Waals surface area contributed by atoms with Crippen LogP contribution in [0.15, 0.2) is 0 Å². The lowest BCUT2D eigenvalue weighted by Crippen LogP contribution is -2.34. The number of hydrogen-bond acceptors (Lipinski definition) is 2. The van der Waals surface area contributed by atoms with Crippen molar-refractivity contribution in [3.63, 3.8) is 0 Å². The molecule has 0 spiro atoms. The van der Waals surface area contributed by atoms with Gasteiger partial charge in [0.15, 0.2) is 0 Å². The van der Waals surface area contributed by atoms with Gasteiger partial charge in [0.1, 0.15) is 6.10 Å². The fraction of sp³-hybridized carbons (Fsp3) is 1.00. The quantitative estimate of drug-likeness (QED) is 0.742. The second-order valence-electron chi connectivity index (χ2n) is 3.70. The first-order chi connectivity index (χ1) is 6.02. The van der Waals surface area contributed by atoms with Crippen molar-refractivity contribution in [1.29, 1.82) is 0 Å². The standard InChI is InChI=1S/C9H16F2O2/c1-7(12)9(10,11)6-8-2-4-13-5-3-8/h7-8,12H,2-6H2,1H3. The van der Waals surface area contributed by atoms with E-state index in [-0.39, 0.29) is 12.3 Å². The van der Waals surface area contributed by atoms with Crippen LogP contribution in [-0.4, -0.2) is 30.3 Å². The molecule has 0 aromatic rings. The van der Waals surface area contributed by atoms with E-state index in [1.165, 1.54) is 0 Å². The second-order valence-corrected chi connectivity index (χ2v) is 3.70. The lowest BCUT2D eigenvalue weighted by Gasteiger charge is -2.27. The zero-order valence-corrected chi connectivity index (χ0v) is 7.80. The van der Waals surface area contributed by atoms with Crippen LogP contribution in [-0.2, 0) is 4.74 Å². The Morgan fingerprint density at radius 2 is 2.00 bits per heavy atom. The minimum atomic E-state index is -2.94. The molecule has 2 nitrogen and oxygen atoms in total. The van der Waals surface area contributed by atoms with Crippen LogP contribution in [0.1, 0.15) is 26.2 Å². The molecule has 1 fully saturated rings. The van der Waals surface area contributed by atoms with E-state index < -0.39 is 12.0 Å². The van der Waals surface area contributed by atoms with Crippen molar-refractivity contribution < 1.29 is 18.6 Å². The monoisotopic (exact) mass is 194 g/mol. The summed E-state index contributed by atoms with van der Waals surface area (Å²) in [6.07, 6.45) is -0.395. The number of ether oxygens (including phenoxy) is 1. The largest absolute Gasteiger partial charge is 0.387 e. The van der Waals surface area contributed by atoms with Crippen LogP contribution in [0, 0.1) is 5.92 Å². The minimum absolute atomic E-state index is 0.00153. The second kappa shape index (κ2) is 4.33. The van der Waals surface area contributed by atoms with Crippen LogP contribution in [0.5, 0.6) is 0 Å². The van der Waals surface area contributed by atoms with Gasteiger partial charge < -0.3 is 9.84 Å². The van der Waals surface area contributed by atoms with Gasteiger partial charge in [0.2, 0.25) is 0 Å². The predicted molar refractivity (Wildman–Crippen MR) is 44.8 cm³/mol. The Morgan fingerprint density at radius 3 is 2.46 bits per heavy atom. The summed E-state index contributed by atoms with van der Waals surface area (Å²) in [7, 11) is 0. The normalized spacial score (nSPS) is 23.1. The van der Waals surface area contributed by atoms with Gasteiger partial charge in [0.25, 0.3) is 5.92 Å². The maximum absolute atomic E-state index is 13.0. The smallest absolute Gasteiger partial charge is 0.273 e. The zero-order chi connectivity index (χ0) is 9.90. The summed E-state index contributed by atoms with van der Waals surface area (Å²) in [5.41, 5.74) is 0. The molecule has 0 saturated carbocycles. The molecule has 1 unspecified atom stereocenters. The molecule has 1 atom stereocenters. The Morgan fingerprint density at radius 1 is 1.46 bits per heavy atom. The number of rotatable bonds is 3. The Kier molecular flexibility index (Phi) is 3.62.